The number of benzene rings is 1. The molecule has 148 valence electrons. The Kier molecular flexibility index (Phi) is 5.16. The quantitative estimate of drug-likeness (QED) is 0.835. The molecular weight excluding hydrogens is 364 g/mol. The SMILES string of the molecule is COc1ccc(S(=O)(=O)N2CCCCC2)cc1NC(=O)C1CC2CCC1C2. The second-order valence-electron chi connectivity index (χ2n) is 8.10. The molecule has 1 aromatic rings. The molecule has 1 aromatic carbocycles. The lowest BCUT2D eigenvalue weighted by atomic mass is 9.88. The average molecular weight is 393 g/mol. The Morgan fingerprint density at radius 3 is 2.56 bits per heavy atom. The van der Waals surface area contributed by atoms with Gasteiger partial charge in [0.05, 0.1) is 17.7 Å². The molecule has 2 bridgehead atoms. The van der Waals surface area contributed by atoms with E-state index >= 15 is 0 Å². The lowest BCUT2D eigenvalue weighted by Gasteiger charge is -2.26. The van der Waals surface area contributed by atoms with Gasteiger partial charge in [-0.25, -0.2) is 8.42 Å². The minimum Gasteiger partial charge on any atom is -0.495 e. The van der Waals surface area contributed by atoms with Crippen LogP contribution in [0.5, 0.6) is 5.75 Å². The van der Waals surface area contributed by atoms with E-state index in [0.717, 1.165) is 38.5 Å². The summed E-state index contributed by atoms with van der Waals surface area (Å²) in [4.78, 5) is 13.0. The van der Waals surface area contributed by atoms with Crippen LogP contribution in [0.4, 0.5) is 5.69 Å². The Hall–Kier alpha value is -1.60. The van der Waals surface area contributed by atoms with Crippen LogP contribution in [0, 0.1) is 17.8 Å². The Bertz CT molecular complexity index is 817. The monoisotopic (exact) mass is 392 g/mol. The summed E-state index contributed by atoms with van der Waals surface area (Å²) < 4.78 is 32.8. The Labute approximate surface area is 161 Å². The average Bonchev–Trinajstić information content (AvgIpc) is 3.32. The number of fused-ring (bicyclic) bond motifs is 2. The van der Waals surface area contributed by atoms with Crippen LogP contribution in [0.2, 0.25) is 0 Å². The van der Waals surface area contributed by atoms with Crippen molar-refractivity contribution in [2.45, 2.75) is 49.8 Å². The van der Waals surface area contributed by atoms with Crippen LogP contribution in [0.15, 0.2) is 23.1 Å². The second-order valence-corrected chi connectivity index (χ2v) is 10.0. The Morgan fingerprint density at radius 1 is 1.15 bits per heavy atom. The first-order valence-electron chi connectivity index (χ1n) is 9.98. The number of anilines is 1. The molecule has 1 N–H and O–H groups in total. The maximum Gasteiger partial charge on any atom is 0.243 e. The van der Waals surface area contributed by atoms with E-state index in [4.69, 9.17) is 4.74 Å². The van der Waals surface area contributed by atoms with Crippen molar-refractivity contribution in [3.05, 3.63) is 18.2 Å². The van der Waals surface area contributed by atoms with Crippen LogP contribution in [0.3, 0.4) is 0 Å². The standard InChI is InChI=1S/C20H28N2O4S/c1-26-19-8-7-16(27(24,25)22-9-3-2-4-10-22)13-18(19)21-20(23)17-12-14-5-6-15(17)11-14/h7-8,13-15,17H,2-6,9-12H2,1H3,(H,21,23). The Balaban J connectivity index is 1.56. The topological polar surface area (TPSA) is 75.7 Å². The highest BCUT2D eigenvalue weighted by atomic mass is 32.2. The molecule has 3 aliphatic rings. The maximum atomic E-state index is 13.0. The molecule has 3 unspecified atom stereocenters. The molecule has 4 rings (SSSR count). The van der Waals surface area contributed by atoms with Gasteiger partial charge in [0.25, 0.3) is 0 Å². The predicted molar refractivity (Wildman–Crippen MR) is 103 cm³/mol. The van der Waals surface area contributed by atoms with E-state index in [0.29, 0.717) is 36.4 Å². The molecule has 3 atom stereocenters. The molecule has 7 heteroatoms. The first-order chi connectivity index (χ1) is 13.0. The number of amides is 1. The van der Waals surface area contributed by atoms with Crippen molar-refractivity contribution in [1.82, 2.24) is 4.31 Å². The summed E-state index contributed by atoms with van der Waals surface area (Å²) in [6.07, 6.45) is 7.32. The molecule has 1 aliphatic heterocycles. The molecule has 1 amide bonds. The number of sulfonamides is 1. The van der Waals surface area contributed by atoms with E-state index in [1.165, 1.54) is 13.5 Å². The number of nitrogens with zero attached hydrogens (tertiary/aromatic N) is 1. The fraction of sp³-hybridized carbons (Fsp3) is 0.650. The molecule has 0 aromatic heterocycles. The highest BCUT2D eigenvalue weighted by molar-refractivity contribution is 7.89. The minimum atomic E-state index is -3.55. The molecule has 1 saturated heterocycles. The number of hydrogen-bond acceptors (Lipinski definition) is 4. The molecule has 6 nitrogen and oxygen atoms in total. The van der Waals surface area contributed by atoms with Crippen LogP contribution >= 0.6 is 0 Å². The lowest BCUT2D eigenvalue weighted by Crippen LogP contribution is -2.35. The predicted octanol–water partition coefficient (Wildman–Crippen LogP) is 3.24. The summed E-state index contributed by atoms with van der Waals surface area (Å²) in [5.41, 5.74) is 0.448. The smallest absolute Gasteiger partial charge is 0.243 e. The zero-order valence-electron chi connectivity index (χ0n) is 15.8. The summed E-state index contributed by atoms with van der Waals surface area (Å²) in [5, 5.41) is 2.96. The first kappa shape index (κ1) is 18.7. The van der Waals surface area contributed by atoms with Crippen molar-refractivity contribution in [2.75, 3.05) is 25.5 Å². The van der Waals surface area contributed by atoms with E-state index in [2.05, 4.69) is 5.32 Å². The molecule has 0 radical (unpaired) electrons. The van der Waals surface area contributed by atoms with E-state index in [1.807, 2.05) is 0 Å². The number of ether oxygens (including phenoxy) is 1. The van der Waals surface area contributed by atoms with Gasteiger partial charge in [0.2, 0.25) is 15.9 Å². The van der Waals surface area contributed by atoms with Gasteiger partial charge in [0.15, 0.2) is 0 Å². The van der Waals surface area contributed by atoms with Crippen molar-refractivity contribution in [1.29, 1.82) is 0 Å². The molecule has 2 saturated carbocycles. The van der Waals surface area contributed by atoms with Gasteiger partial charge in [0.1, 0.15) is 5.75 Å². The van der Waals surface area contributed by atoms with Gasteiger partial charge < -0.3 is 10.1 Å². The summed E-state index contributed by atoms with van der Waals surface area (Å²) in [7, 11) is -2.02. The van der Waals surface area contributed by atoms with E-state index in [-0.39, 0.29) is 16.7 Å². The summed E-state index contributed by atoms with van der Waals surface area (Å²) in [6.45, 7) is 1.11. The molecule has 0 spiro atoms. The fourth-order valence-corrected chi connectivity index (χ4v) is 6.53. The van der Waals surface area contributed by atoms with Crippen molar-refractivity contribution in [3.8, 4) is 5.75 Å². The number of hydrogen-bond donors (Lipinski definition) is 1. The highest BCUT2D eigenvalue weighted by Gasteiger charge is 2.43. The lowest BCUT2D eigenvalue weighted by molar-refractivity contribution is -0.121. The van der Waals surface area contributed by atoms with Gasteiger partial charge in [-0.2, -0.15) is 4.31 Å². The van der Waals surface area contributed by atoms with Crippen LogP contribution < -0.4 is 10.1 Å². The van der Waals surface area contributed by atoms with Crippen molar-refractivity contribution in [2.24, 2.45) is 17.8 Å². The second kappa shape index (κ2) is 7.43. The third-order valence-electron chi connectivity index (χ3n) is 6.46. The maximum absolute atomic E-state index is 13.0. The highest BCUT2D eigenvalue weighted by Crippen LogP contribution is 2.48. The van der Waals surface area contributed by atoms with E-state index in [9.17, 15) is 13.2 Å². The summed E-state index contributed by atoms with van der Waals surface area (Å²) in [6, 6.07) is 4.75. The zero-order chi connectivity index (χ0) is 19.0. The number of piperidine rings is 1. The van der Waals surface area contributed by atoms with E-state index < -0.39 is 10.0 Å². The van der Waals surface area contributed by atoms with E-state index in [1.54, 1.807) is 22.5 Å². The van der Waals surface area contributed by atoms with Crippen molar-refractivity contribution >= 4 is 21.6 Å². The summed E-state index contributed by atoms with van der Waals surface area (Å²) >= 11 is 0. The number of nitrogens with one attached hydrogen (secondary N) is 1. The molecule has 27 heavy (non-hydrogen) atoms. The van der Waals surface area contributed by atoms with Gasteiger partial charge in [-0.1, -0.05) is 12.8 Å². The number of carbonyl (C=O) groups is 1. The third-order valence-corrected chi connectivity index (χ3v) is 8.35. The van der Waals surface area contributed by atoms with Gasteiger partial charge in [-0.3, -0.25) is 4.79 Å². The minimum absolute atomic E-state index is 0.00646. The molecule has 2 aliphatic carbocycles. The van der Waals surface area contributed by atoms with Gasteiger partial charge in [0, 0.05) is 19.0 Å². The van der Waals surface area contributed by atoms with Gasteiger partial charge in [-0.05, 0) is 62.1 Å². The van der Waals surface area contributed by atoms with Crippen molar-refractivity contribution in [3.63, 3.8) is 0 Å². The normalized spacial score (nSPS) is 28.3. The van der Waals surface area contributed by atoms with Crippen LogP contribution in [0.1, 0.15) is 44.9 Å². The first-order valence-corrected chi connectivity index (χ1v) is 11.4. The molecular formula is C20H28N2O4S. The summed E-state index contributed by atoms with van der Waals surface area (Å²) in [5.74, 6) is 1.67. The zero-order valence-corrected chi connectivity index (χ0v) is 16.6. The number of rotatable bonds is 5. The number of methoxy groups -OCH3 is 1. The fourth-order valence-electron chi connectivity index (χ4n) is 4.99. The van der Waals surface area contributed by atoms with Crippen LogP contribution in [-0.4, -0.2) is 38.8 Å². The van der Waals surface area contributed by atoms with Gasteiger partial charge >= 0.3 is 0 Å². The number of carbonyl (C=O) groups excluding carboxylic acids is 1. The van der Waals surface area contributed by atoms with Crippen molar-refractivity contribution < 1.29 is 17.9 Å². The van der Waals surface area contributed by atoms with Crippen LogP contribution in [0.25, 0.3) is 0 Å². The molecule has 1 heterocycles. The Morgan fingerprint density at radius 2 is 1.93 bits per heavy atom. The van der Waals surface area contributed by atoms with Crippen LogP contribution in [-0.2, 0) is 14.8 Å². The largest absolute Gasteiger partial charge is 0.495 e. The third kappa shape index (κ3) is 3.59. The molecule has 3 fully saturated rings. The van der Waals surface area contributed by atoms with Gasteiger partial charge in [-0.15, -0.1) is 0 Å².